The lowest BCUT2D eigenvalue weighted by atomic mass is 9.99. The molecule has 1 aliphatic heterocycles. The van der Waals surface area contributed by atoms with Crippen LogP contribution in [-0.4, -0.2) is 78.9 Å². The van der Waals surface area contributed by atoms with E-state index in [9.17, 15) is 22.8 Å². The van der Waals surface area contributed by atoms with Gasteiger partial charge in [0.2, 0.25) is 17.7 Å². The molecule has 3 N–H and O–H groups in total. The minimum absolute atomic E-state index is 0.0632. The van der Waals surface area contributed by atoms with Crippen LogP contribution in [0.25, 0.3) is 0 Å². The first kappa shape index (κ1) is 28.3. The number of pyridine rings is 1. The Bertz CT molecular complexity index is 1180. The van der Waals surface area contributed by atoms with Crippen LogP contribution in [0.1, 0.15) is 25.1 Å². The second-order valence-electron chi connectivity index (χ2n) is 9.57. The molecule has 200 valence electrons. The Balaban J connectivity index is 1.83. The number of carbonyl (C=O) groups excluding carboxylic acids is 3. The lowest BCUT2D eigenvalue weighted by Gasteiger charge is -2.34. The van der Waals surface area contributed by atoms with Gasteiger partial charge in [-0.15, -0.1) is 0 Å². The van der Waals surface area contributed by atoms with Gasteiger partial charge in [0.05, 0.1) is 24.9 Å². The number of aromatic nitrogens is 1. The van der Waals surface area contributed by atoms with Crippen molar-refractivity contribution in [1.29, 1.82) is 0 Å². The number of sulfone groups is 1. The maximum absolute atomic E-state index is 13.6. The van der Waals surface area contributed by atoms with E-state index in [-0.39, 0.29) is 12.8 Å². The molecule has 1 aromatic carbocycles. The summed E-state index contributed by atoms with van der Waals surface area (Å²) in [6.07, 6.45) is 1.73. The zero-order valence-corrected chi connectivity index (χ0v) is 21.9. The average Bonchev–Trinajstić information content (AvgIpc) is 2.88. The number of hydrogen-bond acceptors (Lipinski definition) is 7. The Hall–Kier alpha value is -3.31. The van der Waals surface area contributed by atoms with Crippen LogP contribution in [0.2, 0.25) is 0 Å². The number of hydrogen-bond donors (Lipinski definition) is 2. The molecular formula is C26H34N4O6S. The largest absolute Gasteiger partial charge is 0.378 e. The van der Waals surface area contributed by atoms with Crippen molar-refractivity contribution in [2.75, 3.05) is 32.1 Å². The maximum atomic E-state index is 13.6. The first-order valence-electron chi connectivity index (χ1n) is 12.1. The molecule has 0 radical (unpaired) electrons. The highest BCUT2D eigenvalue weighted by molar-refractivity contribution is 7.93. The molecule has 1 aliphatic rings. The molecule has 0 aliphatic carbocycles. The summed E-state index contributed by atoms with van der Waals surface area (Å²) in [4.78, 5) is 44.4. The molecule has 0 spiro atoms. The Morgan fingerprint density at radius 1 is 1.05 bits per heavy atom. The molecule has 2 atom stereocenters. The summed E-state index contributed by atoms with van der Waals surface area (Å²) in [5.41, 5.74) is 6.84. The van der Waals surface area contributed by atoms with Crippen molar-refractivity contribution in [1.82, 2.24) is 15.2 Å². The van der Waals surface area contributed by atoms with E-state index in [1.807, 2.05) is 6.07 Å². The monoisotopic (exact) mass is 530 g/mol. The van der Waals surface area contributed by atoms with E-state index in [4.69, 9.17) is 10.5 Å². The Labute approximate surface area is 217 Å². The van der Waals surface area contributed by atoms with Crippen LogP contribution < -0.4 is 11.1 Å². The molecule has 10 nitrogen and oxygen atoms in total. The topological polar surface area (TPSA) is 149 Å². The molecule has 1 fully saturated rings. The number of amides is 3. The van der Waals surface area contributed by atoms with Gasteiger partial charge in [0, 0.05) is 31.4 Å². The van der Waals surface area contributed by atoms with E-state index in [1.54, 1.807) is 48.7 Å². The smallest absolute Gasteiger partial charge is 0.243 e. The lowest BCUT2D eigenvalue weighted by Crippen LogP contribution is -2.55. The predicted octanol–water partition coefficient (Wildman–Crippen LogP) is 0.505. The highest BCUT2D eigenvalue weighted by Crippen LogP contribution is 2.25. The van der Waals surface area contributed by atoms with Crippen LogP contribution in [0, 0.1) is 5.92 Å². The van der Waals surface area contributed by atoms with Gasteiger partial charge in [-0.25, -0.2) is 8.42 Å². The number of morpholine rings is 1. The van der Waals surface area contributed by atoms with Gasteiger partial charge in [-0.05, 0) is 38.0 Å². The standard InChI is InChI=1S/C26H34N4O6S/c1-26(2,25(33)30-12-14-36-15-13-30)37(34,35)18-20(16-19-8-4-3-5-9-19)24(32)29-22(23(27)31)17-21-10-6-7-11-28-21/h3-11,20,22H,12-18H2,1-2H3,(H2,27,31)(H,29,32)/t20-,22?/m1/s1. The lowest BCUT2D eigenvalue weighted by molar-refractivity contribution is -0.137. The van der Waals surface area contributed by atoms with Gasteiger partial charge in [-0.2, -0.15) is 0 Å². The summed E-state index contributed by atoms with van der Waals surface area (Å²) in [7, 11) is -4.11. The molecule has 3 rings (SSSR count). The summed E-state index contributed by atoms with van der Waals surface area (Å²) in [5, 5.41) is 2.62. The minimum atomic E-state index is -4.11. The van der Waals surface area contributed by atoms with Crippen molar-refractivity contribution < 1.29 is 27.5 Å². The number of benzene rings is 1. The van der Waals surface area contributed by atoms with Crippen molar-refractivity contribution in [3.8, 4) is 0 Å². The number of primary amides is 1. The first-order valence-corrected chi connectivity index (χ1v) is 13.8. The fourth-order valence-electron chi connectivity index (χ4n) is 4.12. The van der Waals surface area contributed by atoms with E-state index in [0.717, 1.165) is 5.56 Å². The molecule has 1 unspecified atom stereocenters. The molecule has 11 heteroatoms. The Morgan fingerprint density at radius 2 is 1.70 bits per heavy atom. The number of carbonyl (C=O) groups is 3. The van der Waals surface area contributed by atoms with Crippen LogP contribution in [0.15, 0.2) is 54.7 Å². The first-order chi connectivity index (χ1) is 17.5. The molecular weight excluding hydrogens is 496 g/mol. The number of rotatable bonds is 11. The van der Waals surface area contributed by atoms with Gasteiger partial charge < -0.3 is 20.7 Å². The highest BCUT2D eigenvalue weighted by atomic mass is 32.2. The van der Waals surface area contributed by atoms with E-state index >= 15 is 0 Å². The molecule has 0 saturated carbocycles. The fourth-order valence-corrected chi connectivity index (χ4v) is 5.73. The third kappa shape index (κ3) is 7.36. The molecule has 1 aromatic heterocycles. The van der Waals surface area contributed by atoms with Crippen molar-refractivity contribution in [2.24, 2.45) is 11.7 Å². The maximum Gasteiger partial charge on any atom is 0.243 e. The Morgan fingerprint density at radius 3 is 2.30 bits per heavy atom. The third-order valence-electron chi connectivity index (χ3n) is 6.51. The van der Waals surface area contributed by atoms with Crippen LogP contribution in [0.3, 0.4) is 0 Å². The van der Waals surface area contributed by atoms with E-state index in [0.29, 0.717) is 32.0 Å². The normalized spacial score (nSPS) is 16.0. The fraction of sp³-hybridized carbons (Fsp3) is 0.462. The molecule has 3 amide bonds. The summed E-state index contributed by atoms with van der Waals surface area (Å²) < 4.78 is 30.7. The van der Waals surface area contributed by atoms with Gasteiger partial charge in [-0.3, -0.25) is 19.4 Å². The number of nitrogens with one attached hydrogen (secondary N) is 1. The predicted molar refractivity (Wildman–Crippen MR) is 138 cm³/mol. The minimum Gasteiger partial charge on any atom is -0.378 e. The highest BCUT2D eigenvalue weighted by Gasteiger charge is 2.46. The molecule has 2 aromatic rings. The van der Waals surface area contributed by atoms with Crippen molar-refractivity contribution in [3.05, 3.63) is 66.0 Å². The van der Waals surface area contributed by atoms with Crippen molar-refractivity contribution in [3.63, 3.8) is 0 Å². The zero-order valence-electron chi connectivity index (χ0n) is 21.1. The van der Waals surface area contributed by atoms with Crippen LogP contribution in [0.4, 0.5) is 0 Å². The molecule has 0 bridgehead atoms. The second kappa shape index (κ2) is 12.3. The number of nitrogens with zero attached hydrogens (tertiary/aromatic N) is 2. The average molecular weight is 531 g/mol. The SMILES string of the molecule is CC(C)(C(=O)N1CCOCC1)S(=O)(=O)C[C@@H](Cc1ccccc1)C(=O)NC(Cc1ccccn1)C(N)=O. The number of nitrogens with two attached hydrogens (primary N) is 1. The van der Waals surface area contributed by atoms with Gasteiger partial charge in [0.1, 0.15) is 10.8 Å². The molecule has 2 heterocycles. The van der Waals surface area contributed by atoms with Gasteiger partial charge in [0.25, 0.3) is 0 Å². The van der Waals surface area contributed by atoms with Crippen LogP contribution >= 0.6 is 0 Å². The van der Waals surface area contributed by atoms with E-state index < -0.39 is 50.0 Å². The molecule has 1 saturated heterocycles. The Kier molecular flexibility index (Phi) is 9.39. The summed E-state index contributed by atoms with van der Waals surface area (Å²) in [5.74, 6) is -3.56. The summed E-state index contributed by atoms with van der Waals surface area (Å²) in [6, 6.07) is 13.1. The van der Waals surface area contributed by atoms with Crippen LogP contribution in [0.5, 0.6) is 0 Å². The quantitative estimate of drug-likeness (QED) is 0.430. The molecule has 37 heavy (non-hydrogen) atoms. The van der Waals surface area contributed by atoms with Crippen LogP contribution in [-0.2, 0) is 41.8 Å². The second-order valence-corrected chi connectivity index (χ2v) is 12.2. The summed E-state index contributed by atoms with van der Waals surface area (Å²) >= 11 is 0. The van der Waals surface area contributed by atoms with E-state index in [1.165, 1.54) is 18.7 Å². The van der Waals surface area contributed by atoms with Crippen molar-refractivity contribution in [2.45, 2.75) is 37.5 Å². The van der Waals surface area contributed by atoms with Gasteiger partial charge in [0.15, 0.2) is 9.84 Å². The van der Waals surface area contributed by atoms with Gasteiger partial charge in [-0.1, -0.05) is 36.4 Å². The van der Waals surface area contributed by atoms with Crippen molar-refractivity contribution >= 4 is 27.6 Å². The summed E-state index contributed by atoms with van der Waals surface area (Å²) in [6.45, 7) is 4.02. The number of ether oxygens (including phenoxy) is 1. The van der Waals surface area contributed by atoms with E-state index in [2.05, 4.69) is 10.3 Å². The van der Waals surface area contributed by atoms with Gasteiger partial charge >= 0.3 is 0 Å². The third-order valence-corrected chi connectivity index (χ3v) is 9.08. The zero-order chi connectivity index (χ0) is 27.1.